The average Bonchev–Trinajstić information content (AvgIpc) is 2.54. The second-order valence-corrected chi connectivity index (χ2v) is 4.87. The summed E-state index contributed by atoms with van der Waals surface area (Å²) in [6.45, 7) is 0. The maximum absolute atomic E-state index is 14.2. The second-order valence-electron chi connectivity index (χ2n) is 4.87. The van der Waals surface area contributed by atoms with E-state index >= 15 is 0 Å². The van der Waals surface area contributed by atoms with Gasteiger partial charge in [0.05, 0.1) is 7.11 Å². The van der Waals surface area contributed by atoms with Crippen LogP contribution >= 0.6 is 0 Å². The Morgan fingerprint density at radius 2 is 1.71 bits per heavy atom. The Hall–Kier alpha value is -2.39. The summed E-state index contributed by atoms with van der Waals surface area (Å²) >= 11 is 0. The average molecular weight is 282 g/mol. The van der Waals surface area contributed by atoms with Gasteiger partial charge in [0, 0.05) is 5.56 Å². The number of aliphatic hydroxyl groups is 1. The fourth-order valence-electron chi connectivity index (χ4n) is 2.45. The third-order valence-corrected chi connectivity index (χ3v) is 3.60. The Morgan fingerprint density at radius 1 is 0.952 bits per heavy atom. The lowest BCUT2D eigenvalue weighted by Crippen LogP contribution is -2.04. The Labute approximate surface area is 122 Å². The fourth-order valence-corrected chi connectivity index (χ4v) is 2.45. The molecule has 0 aliphatic rings. The molecule has 3 aromatic carbocycles. The number of halogens is 1. The molecule has 0 heterocycles. The Kier molecular flexibility index (Phi) is 3.59. The third-order valence-electron chi connectivity index (χ3n) is 3.60. The van der Waals surface area contributed by atoms with Crippen molar-refractivity contribution in [2.75, 3.05) is 7.11 Å². The summed E-state index contributed by atoms with van der Waals surface area (Å²) in [5.74, 6) is -0.395. The van der Waals surface area contributed by atoms with Crippen LogP contribution in [0, 0.1) is 5.82 Å². The molecule has 0 fully saturated rings. The molecule has 21 heavy (non-hydrogen) atoms. The quantitative estimate of drug-likeness (QED) is 0.784. The van der Waals surface area contributed by atoms with Gasteiger partial charge in [0.15, 0.2) is 11.6 Å². The van der Waals surface area contributed by atoms with Crippen LogP contribution in [0.4, 0.5) is 4.39 Å². The highest BCUT2D eigenvalue weighted by atomic mass is 19.1. The van der Waals surface area contributed by atoms with E-state index < -0.39 is 11.9 Å². The number of rotatable bonds is 3. The lowest BCUT2D eigenvalue weighted by atomic mass is 9.98. The van der Waals surface area contributed by atoms with Crippen molar-refractivity contribution in [3.8, 4) is 5.75 Å². The molecule has 2 nitrogen and oxygen atoms in total. The predicted octanol–water partition coefficient (Wildman–Crippen LogP) is 4.07. The van der Waals surface area contributed by atoms with Crippen molar-refractivity contribution in [1.29, 1.82) is 0 Å². The summed E-state index contributed by atoms with van der Waals surface area (Å²) < 4.78 is 19.2. The van der Waals surface area contributed by atoms with Crippen molar-refractivity contribution < 1.29 is 14.2 Å². The molecule has 0 aliphatic carbocycles. The molecule has 1 atom stereocenters. The van der Waals surface area contributed by atoms with E-state index in [0.717, 1.165) is 10.8 Å². The molecule has 0 amide bonds. The van der Waals surface area contributed by atoms with Gasteiger partial charge in [-0.15, -0.1) is 0 Å². The van der Waals surface area contributed by atoms with Crippen LogP contribution < -0.4 is 4.74 Å². The SMILES string of the molecule is COc1cccc(C(O)c2ccc3ccccc3c2)c1F. The fraction of sp³-hybridized carbons (Fsp3) is 0.111. The number of aliphatic hydroxyl groups excluding tert-OH is 1. The van der Waals surface area contributed by atoms with Crippen LogP contribution in [0.25, 0.3) is 10.8 Å². The summed E-state index contributed by atoms with van der Waals surface area (Å²) in [6.07, 6.45) is -1.02. The minimum Gasteiger partial charge on any atom is -0.494 e. The van der Waals surface area contributed by atoms with E-state index in [9.17, 15) is 9.50 Å². The Bertz CT molecular complexity index is 783. The Balaban J connectivity index is 2.06. The molecule has 0 saturated carbocycles. The first-order chi connectivity index (χ1) is 10.2. The molecular weight excluding hydrogens is 267 g/mol. The van der Waals surface area contributed by atoms with Crippen LogP contribution in [0.3, 0.4) is 0 Å². The summed E-state index contributed by atoms with van der Waals surface area (Å²) in [5, 5.41) is 12.6. The van der Waals surface area contributed by atoms with Crippen LogP contribution in [-0.2, 0) is 0 Å². The van der Waals surface area contributed by atoms with Crippen LogP contribution in [0.2, 0.25) is 0 Å². The van der Waals surface area contributed by atoms with E-state index in [1.165, 1.54) is 13.2 Å². The number of hydrogen-bond donors (Lipinski definition) is 1. The topological polar surface area (TPSA) is 29.5 Å². The van der Waals surface area contributed by atoms with Crippen molar-refractivity contribution in [2.24, 2.45) is 0 Å². The van der Waals surface area contributed by atoms with Gasteiger partial charge in [-0.1, -0.05) is 48.5 Å². The minimum absolute atomic E-state index is 0.132. The zero-order chi connectivity index (χ0) is 14.8. The highest BCUT2D eigenvalue weighted by molar-refractivity contribution is 5.83. The molecule has 1 unspecified atom stereocenters. The van der Waals surface area contributed by atoms with Crippen molar-refractivity contribution in [1.82, 2.24) is 0 Å². The van der Waals surface area contributed by atoms with Gasteiger partial charge in [0.25, 0.3) is 0 Å². The van der Waals surface area contributed by atoms with E-state index in [2.05, 4.69) is 0 Å². The van der Waals surface area contributed by atoms with E-state index in [-0.39, 0.29) is 11.3 Å². The van der Waals surface area contributed by atoms with Crippen molar-refractivity contribution in [3.05, 3.63) is 77.6 Å². The van der Waals surface area contributed by atoms with Crippen LogP contribution in [0.1, 0.15) is 17.2 Å². The lowest BCUT2D eigenvalue weighted by molar-refractivity contribution is 0.213. The first-order valence-corrected chi connectivity index (χ1v) is 6.70. The molecule has 3 rings (SSSR count). The summed E-state index contributed by atoms with van der Waals surface area (Å²) in [6, 6.07) is 18.2. The van der Waals surface area contributed by atoms with Gasteiger partial charge in [0.1, 0.15) is 6.10 Å². The molecule has 0 aliphatic heterocycles. The van der Waals surface area contributed by atoms with Crippen LogP contribution in [0.15, 0.2) is 60.7 Å². The third kappa shape index (κ3) is 2.48. The maximum Gasteiger partial charge on any atom is 0.171 e. The lowest BCUT2D eigenvalue weighted by Gasteiger charge is -2.14. The molecule has 0 radical (unpaired) electrons. The molecule has 0 spiro atoms. The smallest absolute Gasteiger partial charge is 0.171 e. The second kappa shape index (κ2) is 5.54. The van der Waals surface area contributed by atoms with Gasteiger partial charge in [-0.2, -0.15) is 0 Å². The van der Waals surface area contributed by atoms with Gasteiger partial charge >= 0.3 is 0 Å². The highest BCUT2D eigenvalue weighted by Gasteiger charge is 2.18. The molecule has 3 aromatic rings. The summed E-state index contributed by atoms with van der Waals surface area (Å²) in [7, 11) is 1.41. The zero-order valence-electron chi connectivity index (χ0n) is 11.6. The number of hydrogen-bond acceptors (Lipinski definition) is 2. The number of methoxy groups -OCH3 is 1. The van der Waals surface area contributed by atoms with Crippen LogP contribution in [0.5, 0.6) is 5.75 Å². The van der Waals surface area contributed by atoms with Crippen LogP contribution in [-0.4, -0.2) is 12.2 Å². The van der Waals surface area contributed by atoms with E-state index in [0.29, 0.717) is 5.56 Å². The Morgan fingerprint density at radius 3 is 2.48 bits per heavy atom. The molecule has 3 heteroatoms. The predicted molar refractivity (Wildman–Crippen MR) is 81.0 cm³/mol. The van der Waals surface area contributed by atoms with Crippen molar-refractivity contribution >= 4 is 10.8 Å². The number of ether oxygens (including phenoxy) is 1. The first kappa shape index (κ1) is 13.6. The summed E-state index contributed by atoms with van der Waals surface area (Å²) in [4.78, 5) is 0. The van der Waals surface area contributed by atoms with Crippen molar-refractivity contribution in [3.63, 3.8) is 0 Å². The molecule has 0 aromatic heterocycles. The first-order valence-electron chi connectivity index (χ1n) is 6.70. The molecule has 106 valence electrons. The van der Waals surface area contributed by atoms with Gasteiger partial charge < -0.3 is 9.84 Å². The van der Waals surface area contributed by atoms with Gasteiger partial charge in [-0.05, 0) is 28.5 Å². The zero-order valence-corrected chi connectivity index (χ0v) is 11.6. The van der Waals surface area contributed by atoms with E-state index in [1.54, 1.807) is 12.1 Å². The minimum atomic E-state index is -1.02. The number of benzene rings is 3. The van der Waals surface area contributed by atoms with Gasteiger partial charge in [-0.25, -0.2) is 4.39 Å². The summed E-state index contributed by atoms with van der Waals surface area (Å²) in [5.41, 5.74) is 0.866. The molecule has 1 N–H and O–H groups in total. The standard InChI is InChI=1S/C18H15FO2/c1-21-16-8-4-7-15(17(16)19)18(20)14-10-9-12-5-2-3-6-13(12)11-14/h2-11,18,20H,1H3. The largest absolute Gasteiger partial charge is 0.494 e. The molecule has 0 bridgehead atoms. The molecule has 0 saturated heterocycles. The number of fused-ring (bicyclic) bond motifs is 1. The van der Waals surface area contributed by atoms with E-state index in [1.807, 2.05) is 42.5 Å². The van der Waals surface area contributed by atoms with Gasteiger partial charge in [-0.3, -0.25) is 0 Å². The van der Waals surface area contributed by atoms with Gasteiger partial charge in [0.2, 0.25) is 0 Å². The molecular formula is C18H15FO2. The maximum atomic E-state index is 14.2. The monoisotopic (exact) mass is 282 g/mol. The van der Waals surface area contributed by atoms with E-state index in [4.69, 9.17) is 4.74 Å². The van der Waals surface area contributed by atoms with Crippen molar-refractivity contribution in [2.45, 2.75) is 6.10 Å². The normalized spacial score (nSPS) is 12.3. The highest BCUT2D eigenvalue weighted by Crippen LogP contribution is 2.30.